The fraction of sp³-hybridized carbons (Fsp3) is 0.278. The molecule has 1 amide bonds. The van der Waals surface area contributed by atoms with Gasteiger partial charge in [0.25, 0.3) is 0 Å². The van der Waals surface area contributed by atoms with Crippen LogP contribution in [0, 0.1) is 0 Å². The van der Waals surface area contributed by atoms with E-state index in [0.717, 1.165) is 17.0 Å². The normalized spacial score (nSPS) is 12.8. The first-order valence-electron chi connectivity index (χ1n) is 8.33. The maximum Gasteiger partial charge on any atom is 0.217 e. The van der Waals surface area contributed by atoms with Gasteiger partial charge in [0.1, 0.15) is 18.1 Å². The van der Waals surface area contributed by atoms with Gasteiger partial charge in [0.15, 0.2) is 15.2 Å². The van der Waals surface area contributed by atoms with Gasteiger partial charge in [-0.1, -0.05) is 41.6 Å². The lowest BCUT2D eigenvalue weighted by Gasteiger charge is -2.13. The van der Waals surface area contributed by atoms with E-state index >= 15 is 0 Å². The monoisotopic (exact) mass is 388 g/mol. The van der Waals surface area contributed by atoms with Crippen LogP contribution in [0.1, 0.15) is 23.9 Å². The highest BCUT2D eigenvalue weighted by atomic mass is 32.2. The number of amides is 1. The molecule has 3 rings (SSSR count). The Hall–Kier alpha value is -2.94. The molecule has 0 fully saturated rings. The molecule has 1 unspecified atom stereocenters. The van der Waals surface area contributed by atoms with Crippen LogP contribution >= 0.6 is 0 Å². The second-order valence-corrected chi connectivity index (χ2v) is 8.45. The van der Waals surface area contributed by atoms with E-state index in [0.29, 0.717) is 11.4 Å². The first-order valence-corrected chi connectivity index (χ1v) is 10.3. The van der Waals surface area contributed by atoms with E-state index in [9.17, 15) is 13.2 Å². The number of fused-ring (bicyclic) bond motifs is 1. The highest BCUT2D eigenvalue weighted by Gasteiger charge is 2.24. The van der Waals surface area contributed by atoms with Crippen molar-refractivity contribution in [3.63, 3.8) is 0 Å². The number of benzene rings is 2. The molecule has 0 bridgehead atoms. The van der Waals surface area contributed by atoms with Crippen molar-refractivity contribution < 1.29 is 17.9 Å². The van der Waals surface area contributed by atoms with E-state index in [-0.39, 0.29) is 19.4 Å². The zero-order chi connectivity index (χ0) is 19.4. The maximum absolute atomic E-state index is 12.0. The number of ether oxygens (including phenoxy) is 1. The van der Waals surface area contributed by atoms with Crippen molar-refractivity contribution in [2.45, 2.75) is 24.8 Å². The van der Waals surface area contributed by atoms with Gasteiger partial charge in [-0.05, 0) is 17.9 Å². The highest BCUT2D eigenvalue weighted by Crippen LogP contribution is 2.26. The summed E-state index contributed by atoms with van der Waals surface area (Å²) in [5.74, 6) is 0.138. The topological polar surface area (TPSA) is 117 Å². The van der Waals surface area contributed by atoms with Crippen molar-refractivity contribution in [2.75, 3.05) is 6.26 Å². The molecule has 3 aromatic rings. The van der Waals surface area contributed by atoms with Crippen LogP contribution in [0.25, 0.3) is 10.8 Å². The Bertz CT molecular complexity index is 1060. The summed E-state index contributed by atoms with van der Waals surface area (Å²) in [6.07, 6.45) is 2.59. The summed E-state index contributed by atoms with van der Waals surface area (Å²) in [4.78, 5) is 11.0. The molecule has 1 aromatic heterocycles. The van der Waals surface area contributed by atoms with Crippen LogP contribution in [-0.4, -0.2) is 35.6 Å². The molecular formula is C18H20N4O4S. The van der Waals surface area contributed by atoms with E-state index in [1.54, 1.807) is 0 Å². The van der Waals surface area contributed by atoms with Crippen LogP contribution in [0.5, 0.6) is 5.75 Å². The number of carbonyl (C=O) groups is 1. The average Bonchev–Trinajstić information content (AvgIpc) is 3.07. The number of primary amides is 1. The Morgan fingerprint density at radius 1 is 1.22 bits per heavy atom. The second-order valence-electron chi connectivity index (χ2n) is 6.25. The number of rotatable bonds is 8. The second kappa shape index (κ2) is 7.75. The molecule has 2 aromatic carbocycles. The van der Waals surface area contributed by atoms with Crippen LogP contribution in [0.4, 0.5) is 0 Å². The lowest BCUT2D eigenvalue weighted by Crippen LogP contribution is -2.22. The quantitative estimate of drug-likeness (QED) is 0.629. The molecule has 27 heavy (non-hydrogen) atoms. The van der Waals surface area contributed by atoms with Crippen molar-refractivity contribution in [1.29, 1.82) is 0 Å². The molecule has 0 saturated heterocycles. The van der Waals surface area contributed by atoms with Crippen LogP contribution in [-0.2, 0) is 21.2 Å². The predicted octanol–water partition coefficient (Wildman–Crippen LogP) is 1.82. The molecule has 1 atom stereocenters. The van der Waals surface area contributed by atoms with Gasteiger partial charge in [0, 0.05) is 18.1 Å². The fourth-order valence-corrected chi connectivity index (χ4v) is 3.84. The Morgan fingerprint density at radius 3 is 2.70 bits per heavy atom. The summed E-state index contributed by atoms with van der Waals surface area (Å²) in [6, 6.07) is 13.6. The van der Waals surface area contributed by atoms with Crippen LogP contribution in [0.15, 0.2) is 48.7 Å². The zero-order valence-corrected chi connectivity index (χ0v) is 15.6. The molecule has 2 N–H and O–H groups in total. The molecule has 0 radical (unpaired) electrons. The first-order chi connectivity index (χ1) is 12.8. The van der Waals surface area contributed by atoms with Crippen molar-refractivity contribution in [1.82, 2.24) is 15.0 Å². The summed E-state index contributed by atoms with van der Waals surface area (Å²) in [6.45, 7) is 0.139. The summed E-state index contributed by atoms with van der Waals surface area (Å²) in [5.41, 5.74) is 5.61. The largest absolute Gasteiger partial charge is 0.487 e. The van der Waals surface area contributed by atoms with Gasteiger partial charge < -0.3 is 10.5 Å². The molecule has 142 valence electrons. The number of nitrogens with two attached hydrogens (primary N) is 1. The molecule has 0 spiro atoms. The summed E-state index contributed by atoms with van der Waals surface area (Å²) >= 11 is 0. The molecule has 0 aliphatic heterocycles. The van der Waals surface area contributed by atoms with Crippen LogP contribution in [0.2, 0.25) is 0 Å². The van der Waals surface area contributed by atoms with E-state index in [1.165, 1.54) is 10.9 Å². The van der Waals surface area contributed by atoms with E-state index < -0.39 is 21.1 Å². The van der Waals surface area contributed by atoms with Gasteiger partial charge in [-0.2, -0.15) is 0 Å². The molecule has 9 heteroatoms. The van der Waals surface area contributed by atoms with Gasteiger partial charge >= 0.3 is 0 Å². The van der Waals surface area contributed by atoms with Crippen molar-refractivity contribution in [3.8, 4) is 5.75 Å². The molecule has 0 aliphatic rings. The maximum atomic E-state index is 12.0. The molecule has 0 saturated carbocycles. The Labute approximate surface area is 156 Å². The van der Waals surface area contributed by atoms with E-state index in [2.05, 4.69) is 10.3 Å². The van der Waals surface area contributed by atoms with Gasteiger partial charge in [0.2, 0.25) is 5.91 Å². The summed E-state index contributed by atoms with van der Waals surface area (Å²) < 4.78 is 31.1. The molecule has 0 aliphatic carbocycles. The van der Waals surface area contributed by atoms with Gasteiger partial charge in [0.05, 0.1) is 6.20 Å². The number of carbonyl (C=O) groups excluding carboxylic acids is 1. The van der Waals surface area contributed by atoms with Gasteiger partial charge in [-0.15, -0.1) is 5.10 Å². The average molecular weight is 388 g/mol. The van der Waals surface area contributed by atoms with E-state index in [1.807, 2.05) is 42.5 Å². The number of hydrogen-bond acceptors (Lipinski definition) is 6. The predicted molar refractivity (Wildman–Crippen MR) is 101 cm³/mol. The third kappa shape index (κ3) is 4.62. The van der Waals surface area contributed by atoms with Crippen LogP contribution in [0.3, 0.4) is 0 Å². The lowest BCUT2D eigenvalue weighted by atomic mass is 10.1. The molecular weight excluding hydrogens is 368 g/mol. The fourth-order valence-electron chi connectivity index (χ4n) is 2.80. The minimum atomic E-state index is -3.48. The number of aromatic nitrogens is 3. The Kier molecular flexibility index (Phi) is 5.41. The minimum Gasteiger partial charge on any atom is -0.487 e. The highest BCUT2D eigenvalue weighted by molar-refractivity contribution is 7.90. The van der Waals surface area contributed by atoms with Crippen molar-refractivity contribution in [3.05, 3.63) is 54.4 Å². The molecule has 8 nitrogen and oxygen atoms in total. The SMILES string of the molecule is CS(=O)(=O)C(CCC(N)=O)n1cc(COc2cccc3ccccc23)nn1. The van der Waals surface area contributed by atoms with E-state index in [4.69, 9.17) is 10.5 Å². The third-order valence-corrected chi connectivity index (χ3v) is 5.55. The minimum absolute atomic E-state index is 0.0428. The first kappa shape index (κ1) is 18.8. The van der Waals surface area contributed by atoms with Gasteiger partial charge in [-0.25, -0.2) is 13.1 Å². The summed E-state index contributed by atoms with van der Waals surface area (Å²) in [7, 11) is -3.48. The standard InChI is InChI=1S/C18H20N4O4S/c1-27(24,25)18(10-9-17(19)23)22-11-14(20-21-22)12-26-16-8-4-6-13-5-2-3-7-15(13)16/h2-8,11,18H,9-10,12H2,1H3,(H2,19,23). The third-order valence-electron chi connectivity index (χ3n) is 4.11. The van der Waals surface area contributed by atoms with Crippen LogP contribution < -0.4 is 10.5 Å². The lowest BCUT2D eigenvalue weighted by molar-refractivity contribution is -0.118. The Balaban J connectivity index is 1.75. The zero-order valence-electron chi connectivity index (χ0n) is 14.8. The smallest absolute Gasteiger partial charge is 0.217 e. The number of sulfone groups is 1. The van der Waals surface area contributed by atoms with Gasteiger partial charge in [-0.3, -0.25) is 4.79 Å². The summed E-state index contributed by atoms with van der Waals surface area (Å²) in [5, 5.41) is 8.91. The Morgan fingerprint density at radius 2 is 1.96 bits per heavy atom. The molecule has 1 heterocycles. The number of hydrogen-bond donors (Lipinski definition) is 1. The van der Waals surface area contributed by atoms with Crippen molar-refractivity contribution >= 4 is 26.5 Å². The van der Waals surface area contributed by atoms with Crippen molar-refractivity contribution in [2.24, 2.45) is 5.73 Å². The number of nitrogens with zero attached hydrogens (tertiary/aromatic N) is 3.